The maximum absolute atomic E-state index is 3.45. The van der Waals surface area contributed by atoms with E-state index < -0.39 is 0 Å². The van der Waals surface area contributed by atoms with Gasteiger partial charge in [0.2, 0.25) is 0 Å². The largest absolute Gasteiger partial charge is 0.0654 e. The van der Waals surface area contributed by atoms with Gasteiger partial charge in [0.15, 0.2) is 0 Å². The molecule has 0 N–H and O–H groups in total. The van der Waals surface area contributed by atoms with Crippen molar-refractivity contribution in [3.63, 3.8) is 0 Å². The van der Waals surface area contributed by atoms with Gasteiger partial charge in [0.05, 0.1) is 0 Å². The number of hydrogen-bond donors (Lipinski definition) is 0. The normalized spacial score (nSPS) is 10.7. The summed E-state index contributed by atoms with van der Waals surface area (Å²) in [6, 6.07) is 7.74. The van der Waals surface area contributed by atoms with Crippen LogP contribution in [0.2, 0.25) is 0 Å². The maximum Gasteiger partial charge on any atom is -0.0146 e. The SMILES string of the molecule is CCCCCc1[c]ccc(C)c1CCCC. The van der Waals surface area contributed by atoms with E-state index in [1.54, 1.807) is 5.56 Å². The Hall–Kier alpha value is -0.780. The zero-order valence-electron chi connectivity index (χ0n) is 11.1. The van der Waals surface area contributed by atoms with Crippen LogP contribution in [0.5, 0.6) is 0 Å². The summed E-state index contributed by atoms with van der Waals surface area (Å²) < 4.78 is 0. The van der Waals surface area contributed by atoms with Gasteiger partial charge in [0.1, 0.15) is 0 Å². The van der Waals surface area contributed by atoms with Crippen molar-refractivity contribution in [3.8, 4) is 0 Å². The number of hydrogen-bond acceptors (Lipinski definition) is 0. The lowest BCUT2D eigenvalue weighted by Crippen LogP contribution is -1.98. The van der Waals surface area contributed by atoms with Gasteiger partial charge in [0, 0.05) is 0 Å². The standard InChI is InChI=1S/C16H25/c1-4-6-8-11-15-12-9-10-14(3)16(15)13-7-5-2/h9-10H,4-8,11,13H2,1-3H3. The Morgan fingerprint density at radius 2 is 1.75 bits per heavy atom. The van der Waals surface area contributed by atoms with E-state index in [1.807, 2.05) is 0 Å². The van der Waals surface area contributed by atoms with Gasteiger partial charge in [-0.25, -0.2) is 0 Å². The molecule has 89 valence electrons. The fourth-order valence-electron chi connectivity index (χ4n) is 2.17. The van der Waals surface area contributed by atoms with Crippen molar-refractivity contribution in [1.82, 2.24) is 0 Å². The second-order valence-corrected chi connectivity index (χ2v) is 4.68. The van der Waals surface area contributed by atoms with Crippen molar-refractivity contribution in [3.05, 3.63) is 34.9 Å². The highest BCUT2D eigenvalue weighted by Crippen LogP contribution is 2.18. The van der Waals surface area contributed by atoms with Crippen LogP contribution >= 0.6 is 0 Å². The highest BCUT2D eigenvalue weighted by molar-refractivity contribution is 5.33. The minimum Gasteiger partial charge on any atom is -0.0654 e. The molecule has 1 aromatic carbocycles. The van der Waals surface area contributed by atoms with E-state index >= 15 is 0 Å². The topological polar surface area (TPSA) is 0 Å². The molecule has 0 fully saturated rings. The third-order valence-electron chi connectivity index (χ3n) is 3.24. The Morgan fingerprint density at radius 1 is 1.00 bits per heavy atom. The van der Waals surface area contributed by atoms with E-state index in [-0.39, 0.29) is 0 Å². The van der Waals surface area contributed by atoms with Crippen LogP contribution in [0.4, 0.5) is 0 Å². The van der Waals surface area contributed by atoms with Crippen molar-refractivity contribution in [2.75, 3.05) is 0 Å². The molecule has 0 saturated heterocycles. The van der Waals surface area contributed by atoms with E-state index in [0.717, 1.165) is 0 Å². The molecule has 0 unspecified atom stereocenters. The minimum absolute atomic E-state index is 1.22. The van der Waals surface area contributed by atoms with Crippen molar-refractivity contribution in [1.29, 1.82) is 0 Å². The third-order valence-corrected chi connectivity index (χ3v) is 3.24. The Kier molecular flexibility index (Phi) is 6.22. The van der Waals surface area contributed by atoms with Gasteiger partial charge in [-0.3, -0.25) is 0 Å². The zero-order chi connectivity index (χ0) is 11.8. The predicted molar refractivity (Wildman–Crippen MR) is 71.9 cm³/mol. The molecule has 0 nitrogen and oxygen atoms in total. The first kappa shape index (κ1) is 13.3. The van der Waals surface area contributed by atoms with E-state index in [9.17, 15) is 0 Å². The lowest BCUT2D eigenvalue weighted by molar-refractivity contribution is 0.706. The molecule has 0 atom stereocenters. The van der Waals surface area contributed by atoms with Crippen LogP contribution in [-0.2, 0) is 12.8 Å². The molecule has 0 spiro atoms. The average Bonchev–Trinajstić information content (AvgIpc) is 2.28. The average molecular weight is 217 g/mol. The lowest BCUT2D eigenvalue weighted by atomic mass is 9.94. The van der Waals surface area contributed by atoms with Crippen LogP contribution < -0.4 is 0 Å². The minimum atomic E-state index is 1.22. The summed E-state index contributed by atoms with van der Waals surface area (Å²) in [5.74, 6) is 0. The molecule has 0 amide bonds. The Labute approximate surface area is 101 Å². The summed E-state index contributed by atoms with van der Waals surface area (Å²) in [5.41, 5.74) is 4.50. The molecular formula is C16H25. The molecule has 0 heteroatoms. The van der Waals surface area contributed by atoms with Crippen LogP contribution in [0, 0.1) is 13.0 Å². The van der Waals surface area contributed by atoms with Gasteiger partial charge in [-0.05, 0) is 55.4 Å². The van der Waals surface area contributed by atoms with Gasteiger partial charge in [-0.1, -0.05) is 45.2 Å². The second kappa shape index (κ2) is 7.49. The van der Waals surface area contributed by atoms with Crippen LogP contribution in [0.3, 0.4) is 0 Å². The van der Waals surface area contributed by atoms with Crippen molar-refractivity contribution in [2.24, 2.45) is 0 Å². The van der Waals surface area contributed by atoms with Crippen molar-refractivity contribution in [2.45, 2.75) is 65.7 Å². The monoisotopic (exact) mass is 217 g/mol. The van der Waals surface area contributed by atoms with Crippen molar-refractivity contribution >= 4 is 0 Å². The summed E-state index contributed by atoms with van der Waals surface area (Å²) in [5, 5.41) is 0. The molecule has 0 heterocycles. The number of aryl methyl sites for hydroxylation is 2. The molecule has 0 aliphatic rings. The Morgan fingerprint density at radius 3 is 2.44 bits per heavy atom. The van der Waals surface area contributed by atoms with Gasteiger partial charge >= 0.3 is 0 Å². The first-order valence-electron chi connectivity index (χ1n) is 6.78. The Bertz CT molecular complexity index is 299. The van der Waals surface area contributed by atoms with Gasteiger partial charge in [-0.2, -0.15) is 0 Å². The van der Waals surface area contributed by atoms with Gasteiger partial charge in [-0.15, -0.1) is 0 Å². The number of unbranched alkanes of at least 4 members (excludes halogenated alkanes) is 3. The summed E-state index contributed by atoms with van der Waals surface area (Å²) in [6.45, 7) is 6.76. The van der Waals surface area contributed by atoms with E-state index in [4.69, 9.17) is 0 Å². The summed E-state index contributed by atoms with van der Waals surface area (Å²) >= 11 is 0. The molecule has 0 aliphatic carbocycles. The molecule has 16 heavy (non-hydrogen) atoms. The summed E-state index contributed by atoms with van der Waals surface area (Å²) in [6.07, 6.45) is 9.00. The lowest BCUT2D eigenvalue weighted by Gasteiger charge is -2.11. The zero-order valence-corrected chi connectivity index (χ0v) is 11.1. The van der Waals surface area contributed by atoms with Gasteiger partial charge < -0.3 is 0 Å². The Balaban J connectivity index is 2.68. The predicted octanol–water partition coefficient (Wildman–Crippen LogP) is 4.87. The highest BCUT2D eigenvalue weighted by Gasteiger charge is 2.05. The third kappa shape index (κ3) is 4.00. The maximum atomic E-state index is 3.45. The number of benzene rings is 1. The molecule has 0 bridgehead atoms. The quantitative estimate of drug-likeness (QED) is 0.572. The summed E-state index contributed by atoms with van der Waals surface area (Å²) in [4.78, 5) is 0. The molecular weight excluding hydrogens is 192 g/mol. The number of rotatable bonds is 7. The summed E-state index contributed by atoms with van der Waals surface area (Å²) in [7, 11) is 0. The smallest absolute Gasteiger partial charge is 0.0146 e. The van der Waals surface area contributed by atoms with Crippen LogP contribution in [0.15, 0.2) is 12.1 Å². The molecule has 0 aromatic heterocycles. The molecule has 0 saturated carbocycles. The first-order chi connectivity index (χ1) is 7.79. The fraction of sp³-hybridized carbons (Fsp3) is 0.625. The van der Waals surface area contributed by atoms with E-state index in [1.165, 1.54) is 56.1 Å². The van der Waals surface area contributed by atoms with E-state index in [0.29, 0.717) is 0 Å². The molecule has 0 aliphatic heterocycles. The fourth-order valence-corrected chi connectivity index (χ4v) is 2.17. The van der Waals surface area contributed by atoms with Crippen molar-refractivity contribution < 1.29 is 0 Å². The van der Waals surface area contributed by atoms with Gasteiger partial charge in [0.25, 0.3) is 0 Å². The van der Waals surface area contributed by atoms with Crippen LogP contribution in [-0.4, -0.2) is 0 Å². The van der Waals surface area contributed by atoms with Crippen LogP contribution in [0.25, 0.3) is 0 Å². The van der Waals surface area contributed by atoms with Crippen LogP contribution in [0.1, 0.15) is 62.6 Å². The molecule has 1 radical (unpaired) electrons. The second-order valence-electron chi connectivity index (χ2n) is 4.68. The van der Waals surface area contributed by atoms with E-state index in [2.05, 4.69) is 39.0 Å². The highest BCUT2D eigenvalue weighted by atomic mass is 14.1. The molecule has 1 aromatic rings. The molecule has 1 rings (SSSR count). The first-order valence-corrected chi connectivity index (χ1v) is 6.78.